The number of rotatable bonds is 3. The average molecular weight is 382 g/mol. The monoisotopic (exact) mass is 382 g/mol. The van der Waals surface area contributed by atoms with Crippen LogP contribution in [-0.2, 0) is 22.9 Å². The standard InChI is InChI=1S/C16H18N2O5S2/c1-25(21,22)15-5-4-13(24-15)9-17-16(20)18-6-7-23-14-8-12(19)3-2-11(14)10-18/h2-5,8,19H,6-7,9-10H2,1H3,(H,17,20). The average Bonchev–Trinajstić information content (AvgIpc) is 2.93. The molecule has 7 nitrogen and oxygen atoms in total. The SMILES string of the molecule is CS(=O)(=O)c1ccc(CNC(=O)N2CCOc3cc(O)ccc3C2)s1. The number of nitrogens with one attached hydrogen (secondary N) is 1. The number of phenols is 1. The zero-order valence-corrected chi connectivity index (χ0v) is 15.2. The van der Waals surface area contributed by atoms with E-state index in [-0.39, 0.29) is 22.5 Å². The highest BCUT2D eigenvalue weighted by molar-refractivity contribution is 7.92. The Hall–Kier alpha value is -2.26. The van der Waals surface area contributed by atoms with Crippen LogP contribution in [0.4, 0.5) is 4.79 Å². The maximum absolute atomic E-state index is 12.4. The van der Waals surface area contributed by atoms with Gasteiger partial charge in [0.25, 0.3) is 0 Å². The molecular formula is C16H18N2O5S2. The predicted molar refractivity (Wildman–Crippen MR) is 93.7 cm³/mol. The second-order valence-electron chi connectivity index (χ2n) is 5.71. The molecule has 1 aliphatic heterocycles. The van der Waals surface area contributed by atoms with Gasteiger partial charge in [0, 0.05) is 22.8 Å². The fourth-order valence-corrected chi connectivity index (χ4v) is 4.38. The maximum Gasteiger partial charge on any atom is 0.318 e. The van der Waals surface area contributed by atoms with Crippen LogP contribution in [0.5, 0.6) is 11.5 Å². The first-order chi connectivity index (χ1) is 11.8. The zero-order valence-electron chi connectivity index (χ0n) is 13.6. The Morgan fingerprint density at radius 2 is 2.16 bits per heavy atom. The normalized spacial score (nSPS) is 14.4. The molecule has 9 heteroatoms. The number of hydrogen-bond donors (Lipinski definition) is 2. The lowest BCUT2D eigenvalue weighted by atomic mass is 10.2. The molecule has 0 aliphatic carbocycles. The number of carbonyl (C=O) groups excluding carboxylic acids is 1. The molecule has 2 aromatic rings. The fraction of sp³-hybridized carbons (Fsp3) is 0.312. The highest BCUT2D eigenvalue weighted by atomic mass is 32.2. The maximum atomic E-state index is 12.4. The Morgan fingerprint density at radius 1 is 1.36 bits per heavy atom. The summed E-state index contributed by atoms with van der Waals surface area (Å²) >= 11 is 1.15. The lowest BCUT2D eigenvalue weighted by Crippen LogP contribution is -2.40. The molecule has 0 saturated carbocycles. The van der Waals surface area contributed by atoms with E-state index in [9.17, 15) is 18.3 Å². The minimum absolute atomic E-state index is 0.121. The van der Waals surface area contributed by atoms with E-state index in [4.69, 9.17) is 4.74 Å². The first kappa shape index (κ1) is 17.6. The van der Waals surface area contributed by atoms with Gasteiger partial charge in [-0.3, -0.25) is 0 Å². The molecule has 0 saturated heterocycles. The highest BCUT2D eigenvalue weighted by Gasteiger charge is 2.20. The number of thiophene rings is 1. The summed E-state index contributed by atoms with van der Waals surface area (Å²) < 4.78 is 28.8. The topological polar surface area (TPSA) is 95.9 Å². The summed E-state index contributed by atoms with van der Waals surface area (Å²) in [5.74, 6) is 0.697. The summed E-state index contributed by atoms with van der Waals surface area (Å²) in [5.41, 5.74) is 0.820. The largest absolute Gasteiger partial charge is 0.508 e. The van der Waals surface area contributed by atoms with Crippen molar-refractivity contribution in [3.63, 3.8) is 0 Å². The first-order valence-corrected chi connectivity index (χ1v) is 10.3. The predicted octanol–water partition coefficient (Wildman–Crippen LogP) is 1.96. The molecule has 134 valence electrons. The third kappa shape index (κ3) is 4.23. The van der Waals surface area contributed by atoms with Crippen molar-refractivity contribution in [2.24, 2.45) is 0 Å². The zero-order chi connectivity index (χ0) is 18.0. The van der Waals surface area contributed by atoms with Gasteiger partial charge < -0.3 is 20.1 Å². The van der Waals surface area contributed by atoms with Gasteiger partial charge in [0.15, 0.2) is 9.84 Å². The van der Waals surface area contributed by atoms with Crippen molar-refractivity contribution in [2.75, 3.05) is 19.4 Å². The van der Waals surface area contributed by atoms with Crippen molar-refractivity contribution >= 4 is 27.2 Å². The number of amides is 2. The van der Waals surface area contributed by atoms with Gasteiger partial charge in [0.1, 0.15) is 22.3 Å². The van der Waals surface area contributed by atoms with Crippen molar-refractivity contribution in [3.05, 3.63) is 40.8 Å². The molecule has 1 aliphatic rings. The number of hydrogen-bond acceptors (Lipinski definition) is 6. The molecule has 0 fully saturated rings. The van der Waals surface area contributed by atoms with E-state index in [0.29, 0.717) is 25.4 Å². The molecule has 2 amide bonds. The lowest BCUT2D eigenvalue weighted by molar-refractivity contribution is 0.187. The van der Waals surface area contributed by atoms with E-state index < -0.39 is 9.84 Å². The number of sulfone groups is 1. The van der Waals surface area contributed by atoms with Gasteiger partial charge in [-0.05, 0) is 24.3 Å². The summed E-state index contributed by atoms with van der Waals surface area (Å²) in [6.45, 7) is 1.39. The number of urea groups is 1. The van der Waals surface area contributed by atoms with E-state index in [1.165, 1.54) is 6.07 Å². The van der Waals surface area contributed by atoms with Crippen LogP contribution in [0.3, 0.4) is 0 Å². The quantitative estimate of drug-likeness (QED) is 0.846. The second kappa shape index (κ2) is 6.93. The first-order valence-electron chi connectivity index (χ1n) is 7.59. The number of ether oxygens (including phenoxy) is 1. The van der Waals surface area contributed by atoms with Gasteiger partial charge >= 0.3 is 6.03 Å². The molecule has 25 heavy (non-hydrogen) atoms. The minimum atomic E-state index is -3.22. The van der Waals surface area contributed by atoms with Gasteiger partial charge in [-0.1, -0.05) is 0 Å². The molecule has 0 bridgehead atoms. The second-order valence-corrected chi connectivity index (χ2v) is 9.12. The van der Waals surface area contributed by atoms with Gasteiger partial charge in [0.2, 0.25) is 0 Å². The van der Waals surface area contributed by atoms with Crippen LogP contribution >= 0.6 is 11.3 Å². The van der Waals surface area contributed by atoms with E-state index in [1.54, 1.807) is 29.2 Å². The van der Waals surface area contributed by atoms with Gasteiger partial charge in [-0.15, -0.1) is 11.3 Å². The number of nitrogens with zero attached hydrogens (tertiary/aromatic N) is 1. The molecule has 1 aromatic carbocycles. The Labute approximate surface area is 149 Å². The van der Waals surface area contributed by atoms with Crippen LogP contribution in [0.25, 0.3) is 0 Å². The molecular weight excluding hydrogens is 364 g/mol. The van der Waals surface area contributed by atoms with Crippen molar-refractivity contribution in [1.82, 2.24) is 10.2 Å². The third-order valence-electron chi connectivity index (χ3n) is 3.73. The Morgan fingerprint density at radius 3 is 2.88 bits per heavy atom. The molecule has 2 heterocycles. The number of phenolic OH excluding ortho intramolecular Hbond substituents is 1. The molecule has 0 atom stereocenters. The molecule has 0 unspecified atom stereocenters. The Kier molecular flexibility index (Phi) is 4.87. The van der Waals surface area contributed by atoms with Crippen LogP contribution < -0.4 is 10.1 Å². The van der Waals surface area contributed by atoms with Crippen LogP contribution in [0.2, 0.25) is 0 Å². The van der Waals surface area contributed by atoms with Crippen molar-refractivity contribution in [2.45, 2.75) is 17.3 Å². The van der Waals surface area contributed by atoms with Crippen LogP contribution in [0, 0.1) is 0 Å². The highest BCUT2D eigenvalue weighted by Crippen LogP contribution is 2.27. The Balaban J connectivity index is 1.63. The number of aromatic hydroxyl groups is 1. The third-order valence-corrected chi connectivity index (χ3v) is 6.64. The summed E-state index contributed by atoms with van der Waals surface area (Å²) in [5, 5.41) is 12.3. The summed E-state index contributed by atoms with van der Waals surface area (Å²) in [4.78, 5) is 14.8. The van der Waals surface area contributed by atoms with Gasteiger partial charge in [0.05, 0.1) is 19.6 Å². The fourth-order valence-electron chi connectivity index (χ4n) is 2.46. The van der Waals surface area contributed by atoms with Gasteiger partial charge in [-0.2, -0.15) is 0 Å². The summed E-state index contributed by atoms with van der Waals surface area (Å²) in [6, 6.07) is 7.82. The molecule has 1 aromatic heterocycles. The van der Waals surface area contributed by atoms with Crippen molar-refractivity contribution < 1.29 is 23.1 Å². The smallest absolute Gasteiger partial charge is 0.318 e. The lowest BCUT2D eigenvalue weighted by Gasteiger charge is -2.20. The molecule has 3 rings (SSSR count). The van der Waals surface area contributed by atoms with Crippen LogP contribution in [-0.4, -0.2) is 43.9 Å². The van der Waals surface area contributed by atoms with E-state index >= 15 is 0 Å². The summed E-state index contributed by atoms with van der Waals surface area (Å²) in [6.07, 6.45) is 1.16. The molecule has 0 radical (unpaired) electrons. The minimum Gasteiger partial charge on any atom is -0.508 e. The van der Waals surface area contributed by atoms with Crippen LogP contribution in [0.1, 0.15) is 10.4 Å². The number of carbonyl (C=O) groups is 1. The number of fused-ring (bicyclic) bond motifs is 1. The van der Waals surface area contributed by atoms with Gasteiger partial charge in [-0.25, -0.2) is 13.2 Å². The van der Waals surface area contributed by atoms with Crippen molar-refractivity contribution in [3.8, 4) is 11.5 Å². The van der Waals surface area contributed by atoms with Crippen LogP contribution in [0.15, 0.2) is 34.5 Å². The van der Waals surface area contributed by atoms with Crippen molar-refractivity contribution in [1.29, 1.82) is 0 Å². The Bertz CT molecular complexity index is 892. The van der Waals surface area contributed by atoms with E-state index in [0.717, 1.165) is 28.0 Å². The molecule has 0 spiro atoms. The van der Waals surface area contributed by atoms with E-state index in [1.807, 2.05) is 0 Å². The summed E-state index contributed by atoms with van der Waals surface area (Å²) in [7, 11) is -3.22. The number of benzene rings is 1. The van der Waals surface area contributed by atoms with E-state index in [2.05, 4.69) is 5.32 Å². The molecule has 2 N–H and O–H groups in total.